The summed E-state index contributed by atoms with van der Waals surface area (Å²) in [6.45, 7) is 0. The minimum atomic E-state index is -0.489. The van der Waals surface area contributed by atoms with Gasteiger partial charge in [0.2, 0.25) is 5.91 Å². The van der Waals surface area contributed by atoms with Gasteiger partial charge in [0.1, 0.15) is 5.69 Å². The molecule has 0 saturated heterocycles. The number of nitrogens with zero attached hydrogens (tertiary/aromatic N) is 2. The zero-order chi connectivity index (χ0) is 19.0. The van der Waals surface area contributed by atoms with Crippen molar-refractivity contribution in [3.63, 3.8) is 0 Å². The topological polar surface area (TPSA) is 80.5 Å². The van der Waals surface area contributed by atoms with Crippen molar-refractivity contribution < 1.29 is 14.5 Å². The van der Waals surface area contributed by atoms with Gasteiger partial charge in [-0.05, 0) is 24.5 Å². The molecule has 136 valence electrons. The van der Waals surface area contributed by atoms with Gasteiger partial charge in [-0.25, -0.2) is 0 Å². The highest BCUT2D eigenvalue weighted by molar-refractivity contribution is 6.08. The lowest BCUT2D eigenvalue weighted by Crippen LogP contribution is -2.40. The lowest BCUT2D eigenvalue weighted by Gasteiger charge is -2.38. The van der Waals surface area contributed by atoms with Gasteiger partial charge in [0.05, 0.1) is 4.92 Å². The molecule has 6 nitrogen and oxygen atoms in total. The fraction of sp³-hybridized carbons (Fsp3) is 0.238. The number of amides is 1. The van der Waals surface area contributed by atoms with Crippen LogP contribution in [0.5, 0.6) is 0 Å². The summed E-state index contributed by atoms with van der Waals surface area (Å²) in [5.74, 6) is -0.478. The van der Waals surface area contributed by atoms with E-state index in [4.69, 9.17) is 0 Å². The van der Waals surface area contributed by atoms with Crippen LogP contribution in [0.2, 0.25) is 0 Å². The van der Waals surface area contributed by atoms with Crippen LogP contribution in [0.25, 0.3) is 0 Å². The molecule has 1 aliphatic heterocycles. The Bertz CT molecular complexity index is 965. The molecule has 0 fully saturated rings. The molecule has 0 radical (unpaired) electrons. The van der Waals surface area contributed by atoms with Crippen LogP contribution < -0.4 is 4.90 Å². The molecule has 1 atom stereocenters. The molecule has 1 amide bonds. The van der Waals surface area contributed by atoms with Crippen molar-refractivity contribution in [2.45, 2.75) is 31.6 Å². The van der Waals surface area contributed by atoms with E-state index < -0.39 is 4.92 Å². The Morgan fingerprint density at radius 3 is 2.41 bits per heavy atom. The molecule has 4 rings (SSSR count). The highest BCUT2D eigenvalue weighted by atomic mass is 16.6. The Labute approximate surface area is 156 Å². The van der Waals surface area contributed by atoms with Gasteiger partial charge in [-0.15, -0.1) is 0 Å². The number of hydrogen-bond acceptors (Lipinski definition) is 4. The molecule has 0 aromatic heterocycles. The van der Waals surface area contributed by atoms with Crippen molar-refractivity contribution in [2.24, 2.45) is 0 Å². The predicted octanol–water partition coefficient (Wildman–Crippen LogP) is 4.12. The van der Waals surface area contributed by atoms with E-state index in [1.165, 1.54) is 11.0 Å². The molecule has 0 saturated carbocycles. The summed E-state index contributed by atoms with van der Waals surface area (Å²) in [5.41, 5.74) is 2.28. The maximum atomic E-state index is 13.1. The largest absolute Gasteiger partial charge is 0.294 e. The van der Waals surface area contributed by atoms with Gasteiger partial charge in [0.15, 0.2) is 5.78 Å². The van der Waals surface area contributed by atoms with Gasteiger partial charge < -0.3 is 0 Å². The summed E-state index contributed by atoms with van der Waals surface area (Å²) >= 11 is 0. The number of hydrogen-bond donors (Lipinski definition) is 0. The molecule has 0 bridgehead atoms. The van der Waals surface area contributed by atoms with Crippen LogP contribution in [-0.4, -0.2) is 16.6 Å². The van der Waals surface area contributed by atoms with Crippen molar-refractivity contribution in [1.29, 1.82) is 0 Å². The van der Waals surface area contributed by atoms with E-state index in [2.05, 4.69) is 0 Å². The molecule has 6 heteroatoms. The number of carbonyl (C=O) groups excluding carboxylic acids is 2. The minimum Gasteiger partial charge on any atom is -0.294 e. The van der Waals surface area contributed by atoms with Gasteiger partial charge in [0.25, 0.3) is 5.69 Å². The molecule has 1 unspecified atom stereocenters. The molecule has 0 spiro atoms. The maximum absolute atomic E-state index is 13.1. The molecule has 0 N–H and O–H groups in total. The monoisotopic (exact) mass is 362 g/mol. The fourth-order valence-corrected chi connectivity index (χ4v) is 4.05. The predicted molar refractivity (Wildman–Crippen MR) is 100 cm³/mol. The molecule has 1 aliphatic carbocycles. The van der Waals surface area contributed by atoms with E-state index >= 15 is 0 Å². The Morgan fingerprint density at radius 2 is 1.67 bits per heavy atom. The summed E-state index contributed by atoms with van der Waals surface area (Å²) in [7, 11) is 0. The molecule has 2 aliphatic rings. The van der Waals surface area contributed by atoms with Crippen molar-refractivity contribution in [1.82, 2.24) is 0 Å². The van der Waals surface area contributed by atoms with Gasteiger partial charge >= 0.3 is 0 Å². The lowest BCUT2D eigenvalue weighted by molar-refractivity contribution is -0.384. The smallest absolute Gasteiger partial charge is 0.293 e. The van der Waals surface area contributed by atoms with Gasteiger partial charge in [0, 0.05) is 36.1 Å². The third kappa shape index (κ3) is 2.93. The summed E-state index contributed by atoms with van der Waals surface area (Å²) in [5, 5.41) is 11.5. The fourth-order valence-electron chi connectivity index (χ4n) is 4.05. The Morgan fingerprint density at radius 1 is 0.963 bits per heavy atom. The maximum Gasteiger partial charge on any atom is 0.293 e. The number of nitro groups is 1. The van der Waals surface area contributed by atoms with Crippen molar-refractivity contribution in [2.75, 3.05) is 4.90 Å². The zero-order valence-electron chi connectivity index (χ0n) is 14.6. The average Bonchev–Trinajstić information content (AvgIpc) is 2.68. The number of benzene rings is 2. The first kappa shape index (κ1) is 17.1. The van der Waals surface area contributed by atoms with Crippen LogP contribution >= 0.6 is 0 Å². The highest BCUT2D eigenvalue weighted by Gasteiger charge is 2.41. The molecule has 2 aromatic rings. The van der Waals surface area contributed by atoms with Crippen LogP contribution in [0.1, 0.15) is 37.2 Å². The second-order valence-corrected chi connectivity index (χ2v) is 6.78. The second kappa shape index (κ2) is 6.79. The Kier molecular flexibility index (Phi) is 4.32. The number of rotatable bonds is 3. The number of allylic oxidation sites excluding steroid dienone is 2. The van der Waals surface area contributed by atoms with Crippen LogP contribution in [0.4, 0.5) is 11.4 Å². The molecular formula is C21H18N2O4. The Balaban J connectivity index is 1.90. The number of ketones is 1. The van der Waals surface area contributed by atoms with Crippen molar-refractivity contribution in [3.8, 4) is 0 Å². The summed E-state index contributed by atoms with van der Waals surface area (Å²) in [4.78, 5) is 38.2. The molecule has 2 aromatic carbocycles. The average molecular weight is 362 g/mol. The van der Waals surface area contributed by atoms with Crippen molar-refractivity contribution >= 4 is 23.1 Å². The number of nitro benzene ring substituents is 1. The van der Waals surface area contributed by atoms with Gasteiger partial charge in [-0.2, -0.15) is 0 Å². The molecule has 27 heavy (non-hydrogen) atoms. The van der Waals surface area contributed by atoms with Gasteiger partial charge in [-0.1, -0.05) is 42.5 Å². The van der Waals surface area contributed by atoms with Crippen molar-refractivity contribution in [3.05, 3.63) is 81.5 Å². The Hall–Kier alpha value is -3.28. The minimum absolute atomic E-state index is 0.0289. The van der Waals surface area contributed by atoms with E-state index in [0.29, 0.717) is 30.5 Å². The summed E-state index contributed by atoms with van der Waals surface area (Å²) in [6, 6.07) is 15.7. The van der Waals surface area contributed by atoms with E-state index in [1.807, 2.05) is 30.3 Å². The quantitative estimate of drug-likeness (QED) is 0.607. The van der Waals surface area contributed by atoms with Gasteiger partial charge in [-0.3, -0.25) is 24.6 Å². The number of Topliss-reactive ketones (excluding diaryl/α,β-unsaturated/α-hetero) is 1. The second-order valence-electron chi connectivity index (χ2n) is 6.78. The third-order valence-corrected chi connectivity index (χ3v) is 5.20. The third-order valence-electron chi connectivity index (χ3n) is 5.20. The zero-order valence-corrected chi connectivity index (χ0v) is 14.6. The van der Waals surface area contributed by atoms with E-state index in [0.717, 1.165) is 5.56 Å². The lowest BCUT2D eigenvalue weighted by atomic mass is 9.77. The first-order valence-electron chi connectivity index (χ1n) is 8.95. The van der Waals surface area contributed by atoms with E-state index in [-0.39, 0.29) is 35.4 Å². The SMILES string of the molecule is O=C1CCCC2=C1C(c1ccccc1)CC(=O)N2c1ccccc1[N+](=O)[O-]. The van der Waals surface area contributed by atoms with Crippen LogP contribution in [-0.2, 0) is 9.59 Å². The number of carbonyl (C=O) groups is 2. The standard InChI is InChI=1S/C21H18N2O4/c24-19-12-6-11-18-21(19)15(14-7-2-1-3-8-14)13-20(25)22(18)16-9-4-5-10-17(16)23(26)27/h1-5,7-10,15H,6,11-13H2. The normalized spacial score (nSPS) is 19.9. The van der Waals surface area contributed by atoms with Crippen LogP contribution in [0.15, 0.2) is 65.9 Å². The van der Waals surface area contributed by atoms with E-state index in [9.17, 15) is 19.7 Å². The molecular weight excluding hydrogens is 344 g/mol. The van der Waals surface area contributed by atoms with Crippen LogP contribution in [0.3, 0.4) is 0 Å². The molecule has 1 heterocycles. The first-order chi connectivity index (χ1) is 13.1. The number of anilines is 1. The first-order valence-corrected chi connectivity index (χ1v) is 8.95. The van der Waals surface area contributed by atoms with E-state index in [1.54, 1.807) is 18.2 Å². The highest BCUT2D eigenvalue weighted by Crippen LogP contribution is 2.44. The summed E-state index contributed by atoms with van der Waals surface area (Å²) < 4.78 is 0. The number of para-hydroxylation sites is 2. The summed E-state index contributed by atoms with van der Waals surface area (Å²) in [6.07, 6.45) is 1.77. The van der Waals surface area contributed by atoms with Crippen LogP contribution in [0, 0.1) is 10.1 Å².